The molecule has 0 saturated heterocycles. The van der Waals surface area contributed by atoms with Crippen LogP contribution in [-0.4, -0.2) is 6.61 Å². The van der Waals surface area contributed by atoms with Crippen LogP contribution < -0.4 is 15.2 Å². The Labute approximate surface area is 152 Å². The summed E-state index contributed by atoms with van der Waals surface area (Å²) < 4.78 is 11.6. The molecule has 0 bridgehead atoms. The van der Waals surface area contributed by atoms with Crippen LogP contribution in [0.4, 0.5) is 0 Å². The van der Waals surface area contributed by atoms with Crippen molar-refractivity contribution in [2.45, 2.75) is 12.8 Å². The first-order valence-electron chi connectivity index (χ1n) is 8.55. The maximum Gasteiger partial charge on any atom is 0.205 e. The third kappa shape index (κ3) is 2.46. The molecule has 1 atom stereocenters. The Morgan fingerprint density at radius 2 is 1.85 bits per heavy atom. The maximum absolute atomic E-state index is 9.80. The van der Waals surface area contributed by atoms with Crippen LogP contribution in [0.15, 0.2) is 72.1 Å². The van der Waals surface area contributed by atoms with Crippen LogP contribution >= 0.6 is 0 Å². The van der Waals surface area contributed by atoms with Crippen molar-refractivity contribution in [3.63, 3.8) is 0 Å². The van der Waals surface area contributed by atoms with Gasteiger partial charge in [0.15, 0.2) is 0 Å². The zero-order chi connectivity index (χ0) is 18.1. The first-order valence-corrected chi connectivity index (χ1v) is 8.55. The molecule has 0 radical (unpaired) electrons. The molecule has 26 heavy (non-hydrogen) atoms. The number of benzene rings is 3. The number of nitrogens with two attached hydrogens (primary N) is 1. The Kier molecular flexibility index (Phi) is 3.98. The molecular formula is C22H18N2O2. The minimum Gasteiger partial charge on any atom is -0.494 e. The highest BCUT2D eigenvalue weighted by Crippen LogP contribution is 2.47. The van der Waals surface area contributed by atoms with E-state index in [1.807, 2.05) is 61.5 Å². The summed E-state index contributed by atoms with van der Waals surface area (Å²) in [5.74, 6) is 1.24. The molecular weight excluding hydrogens is 324 g/mol. The van der Waals surface area contributed by atoms with E-state index in [1.165, 1.54) is 0 Å². The van der Waals surface area contributed by atoms with E-state index >= 15 is 0 Å². The Bertz CT molecular complexity index is 1060. The first-order chi connectivity index (χ1) is 12.7. The van der Waals surface area contributed by atoms with Crippen LogP contribution in [0.25, 0.3) is 10.8 Å². The first kappa shape index (κ1) is 16.0. The van der Waals surface area contributed by atoms with Crippen molar-refractivity contribution in [1.29, 1.82) is 5.26 Å². The summed E-state index contributed by atoms with van der Waals surface area (Å²) in [6.07, 6.45) is 0. The molecule has 4 nitrogen and oxygen atoms in total. The molecule has 4 rings (SSSR count). The van der Waals surface area contributed by atoms with Crippen molar-refractivity contribution < 1.29 is 9.47 Å². The molecule has 0 aromatic heterocycles. The summed E-state index contributed by atoms with van der Waals surface area (Å²) in [6, 6.07) is 22.0. The molecule has 1 aliphatic heterocycles. The lowest BCUT2D eigenvalue weighted by Gasteiger charge is -2.28. The van der Waals surface area contributed by atoms with Gasteiger partial charge in [-0.2, -0.15) is 5.26 Å². The second-order valence-electron chi connectivity index (χ2n) is 6.09. The molecule has 2 N–H and O–H groups in total. The summed E-state index contributed by atoms with van der Waals surface area (Å²) in [4.78, 5) is 0. The lowest BCUT2D eigenvalue weighted by atomic mass is 9.81. The van der Waals surface area contributed by atoms with Crippen LogP contribution in [0.5, 0.6) is 11.5 Å². The van der Waals surface area contributed by atoms with Gasteiger partial charge in [-0.1, -0.05) is 48.5 Å². The summed E-state index contributed by atoms with van der Waals surface area (Å²) in [7, 11) is 0. The van der Waals surface area contributed by atoms with Gasteiger partial charge in [0.1, 0.15) is 23.1 Å². The van der Waals surface area contributed by atoms with E-state index in [0.717, 1.165) is 27.6 Å². The molecule has 0 saturated carbocycles. The van der Waals surface area contributed by atoms with Crippen molar-refractivity contribution in [2.24, 2.45) is 5.73 Å². The average Bonchev–Trinajstić information content (AvgIpc) is 2.67. The van der Waals surface area contributed by atoms with Crippen LogP contribution in [0.3, 0.4) is 0 Å². The zero-order valence-corrected chi connectivity index (χ0v) is 14.4. The van der Waals surface area contributed by atoms with Gasteiger partial charge in [-0.3, -0.25) is 0 Å². The fourth-order valence-electron chi connectivity index (χ4n) is 3.56. The van der Waals surface area contributed by atoms with Crippen molar-refractivity contribution in [2.75, 3.05) is 6.61 Å². The number of para-hydroxylation sites is 1. The van der Waals surface area contributed by atoms with E-state index in [1.54, 1.807) is 0 Å². The standard InChI is InChI=1S/C22H18N2O2/c1-2-25-18-10-6-5-9-16(18)20-17(13-23)22(24)26-19-12-11-14-7-3-4-8-15(14)21(19)20/h3-12,20H,2,24H2,1H3/t20-/m1/s1. The predicted molar refractivity (Wildman–Crippen MR) is 101 cm³/mol. The molecule has 1 aliphatic rings. The van der Waals surface area contributed by atoms with Gasteiger partial charge in [0.25, 0.3) is 0 Å². The van der Waals surface area contributed by atoms with Crippen LogP contribution in [-0.2, 0) is 0 Å². The Balaban J connectivity index is 2.05. The van der Waals surface area contributed by atoms with Gasteiger partial charge >= 0.3 is 0 Å². The second-order valence-corrected chi connectivity index (χ2v) is 6.09. The van der Waals surface area contributed by atoms with Crippen molar-refractivity contribution >= 4 is 10.8 Å². The smallest absolute Gasteiger partial charge is 0.205 e. The zero-order valence-electron chi connectivity index (χ0n) is 14.4. The SMILES string of the molecule is CCOc1ccccc1[C@@H]1C(C#N)=C(N)Oc2ccc3ccccc3c21. The van der Waals surface area contributed by atoms with Gasteiger partial charge in [-0.15, -0.1) is 0 Å². The molecule has 3 aromatic carbocycles. The van der Waals surface area contributed by atoms with Crippen LogP contribution in [0, 0.1) is 11.3 Å². The molecule has 0 spiro atoms. The summed E-state index contributed by atoms with van der Waals surface area (Å²) in [5.41, 5.74) is 8.36. The van der Waals surface area contributed by atoms with E-state index in [0.29, 0.717) is 17.9 Å². The molecule has 0 aliphatic carbocycles. The van der Waals surface area contributed by atoms with E-state index in [-0.39, 0.29) is 11.8 Å². The third-order valence-electron chi connectivity index (χ3n) is 4.64. The van der Waals surface area contributed by atoms with Gasteiger partial charge in [0.2, 0.25) is 5.88 Å². The number of nitriles is 1. The number of allylic oxidation sites excluding steroid dienone is 1. The summed E-state index contributed by atoms with van der Waals surface area (Å²) in [6.45, 7) is 2.49. The van der Waals surface area contributed by atoms with Crippen LogP contribution in [0.2, 0.25) is 0 Å². The van der Waals surface area contributed by atoms with Crippen molar-refractivity contribution in [3.05, 3.63) is 83.2 Å². The largest absolute Gasteiger partial charge is 0.494 e. The third-order valence-corrected chi connectivity index (χ3v) is 4.64. The van der Waals surface area contributed by atoms with Gasteiger partial charge in [-0.05, 0) is 29.8 Å². The fourth-order valence-corrected chi connectivity index (χ4v) is 3.56. The highest BCUT2D eigenvalue weighted by atomic mass is 16.5. The highest BCUT2D eigenvalue weighted by molar-refractivity contribution is 5.90. The van der Waals surface area contributed by atoms with Crippen molar-refractivity contribution in [3.8, 4) is 17.6 Å². The minimum absolute atomic E-state index is 0.145. The second kappa shape index (κ2) is 6.45. The topological polar surface area (TPSA) is 68.3 Å². The molecule has 128 valence electrons. The number of fused-ring (bicyclic) bond motifs is 3. The quantitative estimate of drug-likeness (QED) is 0.763. The lowest BCUT2D eigenvalue weighted by molar-refractivity contribution is 0.334. The fraction of sp³-hybridized carbons (Fsp3) is 0.136. The Morgan fingerprint density at radius 3 is 2.65 bits per heavy atom. The average molecular weight is 342 g/mol. The lowest BCUT2D eigenvalue weighted by Crippen LogP contribution is -2.21. The van der Waals surface area contributed by atoms with Gasteiger partial charge in [0.05, 0.1) is 12.5 Å². The van der Waals surface area contributed by atoms with E-state index in [2.05, 4.69) is 12.1 Å². The van der Waals surface area contributed by atoms with E-state index in [4.69, 9.17) is 15.2 Å². The number of rotatable bonds is 3. The number of hydrogen-bond donors (Lipinski definition) is 1. The minimum atomic E-state index is -0.336. The number of ether oxygens (including phenoxy) is 2. The highest BCUT2D eigenvalue weighted by Gasteiger charge is 2.33. The van der Waals surface area contributed by atoms with E-state index in [9.17, 15) is 5.26 Å². The molecule has 3 aromatic rings. The number of nitrogens with zero attached hydrogens (tertiary/aromatic N) is 1. The molecule has 0 amide bonds. The predicted octanol–water partition coefficient (Wildman–Crippen LogP) is 4.46. The molecule has 1 heterocycles. The van der Waals surface area contributed by atoms with E-state index < -0.39 is 0 Å². The summed E-state index contributed by atoms with van der Waals surface area (Å²) in [5, 5.41) is 11.9. The van der Waals surface area contributed by atoms with Crippen molar-refractivity contribution in [1.82, 2.24) is 0 Å². The Morgan fingerprint density at radius 1 is 1.08 bits per heavy atom. The molecule has 0 fully saturated rings. The summed E-state index contributed by atoms with van der Waals surface area (Å²) >= 11 is 0. The van der Waals surface area contributed by atoms with Gasteiger partial charge in [-0.25, -0.2) is 0 Å². The molecule has 4 heteroatoms. The maximum atomic E-state index is 9.80. The molecule has 0 unspecified atom stereocenters. The normalized spacial score (nSPS) is 15.9. The van der Waals surface area contributed by atoms with Crippen LogP contribution in [0.1, 0.15) is 24.0 Å². The monoisotopic (exact) mass is 342 g/mol. The number of hydrogen-bond acceptors (Lipinski definition) is 4. The van der Waals surface area contributed by atoms with Gasteiger partial charge < -0.3 is 15.2 Å². The van der Waals surface area contributed by atoms with Gasteiger partial charge in [0, 0.05) is 11.1 Å². The Hall–Kier alpha value is -3.45.